The largest absolute Gasteiger partial charge is 0.371 e. The van der Waals surface area contributed by atoms with Crippen LogP contribution in [-0.2, 0) is 11.8 Å². The summed E-state index contributed by atoms with van der Waals surface area (Å²) in [6, 6.07) is 1.85. The Labute approximate surface area is 165 Å². The van der Waals surface area contributed by atoms with Gasteiger partial charge < -0.3 is 14.5 Å². The summed E-state index contributed by atoms with van der Waals surface area (Å²) < 4.78 is 7.95. The molecule has 0 N–H and O–H groups in total. The maximum Gasteiger partial charge on any atom is 0.274 e. The summed E-state index contributed by atoms with van der Waals surface area (Å²) in [7, 11) is 1.86. The number of hydrogen-bond donors (Lipinski definition) is 0. The molecule has 8 heteroatoms. The van der Waals surface area contributed by atoms with Crippen molar-refractivity contribution < 1.29 is 9.53 Å². The lowest BCUT2D eigenvalue weighted by Gasteiger charge is -2.47. The molecule has 2 aromatic heterocycles. The first-order valence-corrected chi connectivity index (χ1v) is 9.86. The van der Waals surface area contributed by atoms with Crippen LogP contribution in [0, 0.1) is 20.8 Å². The first kappa shape index (κ1) is 18.9. The molecular formula is C20H28N6O2. The summed E-state index contributed by atoms with van der Waals surface area (Å²) >= 11 is 0. The van der Waals surface area contributed by atoms with Crippen molar-refractivity contribution in [2.45, 2.75) is 39.2 Å². The number of nitrogens with zero attached hydrogens (tertiary/aromatic N) is 6. The Balaban J connectivity index is 1.45. The normalized spacial score (nSPS) is 19.3. The molecule has 4 heterocycles. The average molecular weight is 384 g/mol. The fourth-order valence-electron chi connectivity index (χ4n) is 4.10. The predicted molar refractivity (Wildman–Crippen MR) is 105 cm³/mol. The highest BCUT2D eigenvalue weighted by molar-refractivity contribution is 5.92. The van der Waals surface area contributed by atoms with E-state index in [2.05, 4.69) is 20.0 Å². The molecule has 1 spiro atoms. The number of rotatable bonds is 2. The van der Waals surface area contributed by atoms with Crippen LogP contribution in [0.4, 0.5) is 5.82 Å². The third kappa shape index (κ3) is 3.48. The summed E-state index contributed by atoms with van der Waals surface area (Å²) in [4.78, 5) is 26.2. The number of aromatic nitrogens is 4. The zero-order valence-corrected chi connectivity index (χ0v) is 17.1. The lowest BCUT2D eigenvalue weighted by molar-refractivity contribution is -0.111. The number of piperidine rings is 1. The van der Waals surface area contributed by atoms with Crippen LogP contribution < -0.4 is 4.90 Å². The highest BCUT2D eigenvalue weighted by Gasteiger charge is 2.42. The lowest BCUT2D eigenvalue weighted by atomic mass is 9.89. The van der Waals surface area contributed by atoms with Crippen LogP contribution in [0.3, 0.4) is 0 Å². The van der Waals surface area contributed by atoms with Crippen LogP contribution in [0.15, 0.2) is 12.3 Å². The molecule has 2 aliphatic rings. The smallest absolute Gasteiger partial charge is 0.274 e. The van der Waals surface area contributed by atoms with E-state index in [0.29, 0.717) is 25.4 Å². The second-order valence-corrected chi connectivity index (χ2v) is 7.96. The number of hydrogen-bond acceptors (Lipinski definition) is 6. The van der Waals surface area contributed by atoms with E-state index in [4.69, 9.17) is 4.74 Å². The van der Waals surface area contributed by atoms with Crippen LogP contribution in [0.25, 0.3) is 0 Å². The van der Waals surface area contributed by atoms with Gasteiger partial charge in [0.2, 0.25) is 0 Å². The molecule has 4 rings (SSSR count). The maximum absolute atomic E-state index is 12.9. The van der Waals surface area contributed by atoms with Gasteiger partial charge in [0.1, 0.15) is 5.82 Å². The Morgan fingerprint density at radius 1 is 1.18 bits per heavy atom. The monoisotopic (exact) mass is 384 g/mol. The van der Waals surface area contributed by atoms with Gasteiger partial charge in [-0.1, -0.05) is 0 Å². The highest BCUT2D eigenvalue weighted by Crippen LogP contribution is 2.32. The first-order chi connectivity index (χ1) is 13.4. The molecule has 8 nitrogen and oxygen atoms in total. The van der Waals surface area contributed by atoms with E-state index in [1.54, 1.807) is 10.9 Å². The Hall–Kier alpha value is -2.48. The van der Waals surface area contributed by atoms with Crippen molar-refractivity contribution in [3.63, 3.8) is 0 Å². The average Bonchev–Trinajstić information content (AvgIpc) is 3.03. The van der Waals surface area contributed by atoms with Gasteiger partial charge >= 0.3 is 0 Å². The predicted octanol–water partition coefficient (Wildman–Crippen LogP) is 1.65. The van der Waals surface area contributed by atoms with Gasteiger partial charge in [0.25, 0.3) is 5.91 Å². The van der Waals surface area contributed by atoms with E-state index >= 15 is 0 Å². The lowest BCUT2D eigenvalue weighted by Crippen LogP contribution is -2.58. The van der Waals surface area contributed by atoms with Gasteiger partial charge in [-0.15, -0.1) is 0 Å². The molecule has 150 valence electrons. The molecule has 0 atom stereocenters. The van der Waals surface area contributed by atoms with E-state index in [9.17, 15) is 4.79 Å². The molecule has 1 amide bonds. The molecule has 28 heavy (non-hydrogen) atoms. The van der Waals surface area contributed by atoms with E-state index < -0.39 is 0 Å². The first-order valence-electron chi connectivity index (χ1n) is 9.86. The molecular weight excluding hydrogens is 356 g/mol. The number of amides is 1. The Bertz CT molecular complexity index is 865. The van der Waals surface area contributed by atoms with Crippen LogP contribution in [0.1, 0.15) is 40.4 Å². The number of ether oxygens (including phenoxy) is 1. The number of carbonyl (C=O) groups excluding carboxylic acids is 1. The fourth-order valence-corrected chi connectivity index (χ4v) is 4.10. The summed E-state index contributed by atoms with van der Waals surface area (Å²) in [6.45, 7) is 9.42. The minimum Gasteiger partial charge on any atom is -0.371 e. The van der Waals surface area contributed by atoms with E-state index in [1.165, 1.54) is 0 Å². The van der Waals surface area contributed by atoms with Crippen molar-refractivity contribution in [3.8, 4) is 0 Å². The van der Waals surface area contributed by atoms with E-state index in [-0.39, 0.29) is 11.5 Å². The Morgan fingerprint density at radius 2 is 1.93 bits per heavy atom. The van der Waals surface area contributed by atoms with Crippen molar-refractivity contribution in [1.29, 1.82) is 0 Å². The zero-order chi connectivity index (χ0) is 19.9. The molecule has 2 saturated heterocycles. The number of carbonyl (C=O) groups is 1. The molecule has 2 aromatic rings. The van der Waals surface area contributed by atoms with Gasteiger partial charge in [-0.25, -0.2) is 4.98 Å². The van der Waals surface area contributed by atoms with Crippen molar-refractivity contribution in [3.05, 3.63) is 35.0 Å². The molecule has 0 aliphatic carbocycles. The number of anilines is 1. The maximum atomic E-state index is 12.9. The minimum atomic E-state index is -0.278. The van der Waals surface area contributed by atoms with Gasteiger partial charge in [-0.2, -0.15) is 5.10 Å². The molecule has 0 unspecified atom stereocenters. The van der Waals surface area contributed by atoms with Crippen LogP contribution >= 0.6 is 0 Å². The van der Waals surface area contributed by atoms with Crippen LogP contribution in [0.5, 0.6) is 0 Å². The van der Waals surface area contributed by atoms with E-state index in [0.717, 1.165) is 48.8 Å². The number of aryl methyl sites for hydroxylation is 4. The van der Waals surface area contributed by atoms with Gasteiger partial charge in [0, 0.05) is 38.6 Å². The number of morpholine rings is 1. The zero-order valence-electron chi connectivity index (χ0n) is 17.1. The minimum absolute atomic E-state index is 0.00537. The molecule has 0 saturated carbocycles. The van der Waals surface area contributed by atoms with Crippen molar-refractivity contribution in [2.24, 2.45) is 7.05 Å². The molecule has 2 aliphatic heterocycles. The third-order valence-electron chi connectivity index (χ3n) is 5.89. The fraction of sp³-hybridized carbons (Fsp3) is 0.600. The topological polar surface area (TPSA) is 76.4 Å². The van der Waals surface area contributed by atoms with E-state index in [1.807, 2.05) is 38.8 Å². The van der Waals surface area contributed by atoms with Crippen molar-refractivity contribution >= 4 is 11.7 Å². The van der Waals surface area contributed by atoms with Gasteiger partial charge in [0.15, 0.2) is 5.69 Å². The SMILES string of the molecule is Cc1cnc(C)c(N2CCC3(CC2)CN(C(=O)c2cc(C)n(C)n2)CCO3)n1. The summed E-state index contributed by atoms with van der Waals surface area (Å²) in [5.41, 5.74) is 3.10. The Kier molecular flexibility index (Phi) is 4.82. The summed E-state index contributed by atoms with van der Waals surface area (Å²) in [5.74, 6) is 0.955. The summed E-state index contributed by atoms with van der Waals surface area (Å²) in [5, 5.41) is 4.35. The molecule has 0 aromatic carbocycles. The van der Waals surface area contributed by atoms with Gasteiger partial charge in [-0.3, -0.25) is 14.5 Å². The van der Waals surface area contributed by atoms with Gasteiger partial charge in [-0.05, 0) is 39.7 Å². The summed E-state index contributed by atoms with van der Waals surface area (Å²) in [6.07, 6.45) is 3.54. The highest BCUT2D eigenvalue weighted by atomic mass is 16.5. The standard InChI is InChI=1S/C20H28N6O2/c1-14-12-21-16(3)18(22-14)25-7-5-20(6-8-25)13-26(9-10-28-20)19(27)17-11-15(2)24(4)23-17/h11-12H,5-10,13H2,1-4H3. The second-order valence-electron chi connectivity index (χ2n) is 7.96. The third-order valence-corrected chi connectivity index (χ3v) is 5.89. The van der Waals surface area contributed by atoms with Crippen LogP contribution in [0.2, 0.25) is 0 Å². The van der Waals surface area contributed by atoms with Crippen LogP contribution in [-0.4, -0.2) is 68.9 Å². The molecule has 0 bridgehead atoms. The van der Waals surface area contributed by atoms with Crippen molar-refractivity contribution in [1.82, 2.24) is 24.6 Å². The quantitative estimate of drug-likeness (QED) is 0.784. The second kappa shape index (κ2) is 7.16. The van der Waals surface area contributed by atoms with Gasteiger partial charge in [0.05, 0.1) is 30.1 Å². The Morgan fingerprint density at radius 3 is 2.61 bits per heavy atom. The van der Waals surface area contributed by atoms with Crippen molar-refractivity contribution in [2.75, 3.05) is 37.7 Å². The molecule has 2 fully saturated rings. The molecule has 0 radical (unpaired) electrons.